The summed E-state index contributed by atoms with van der Waals surface area (Å²) in [4.78, 5) is 26.0. The molecule has 0 unspecified atom stereocenters. The molecule has 0 spiro atoms. The quantitative estimate of drug-likeness (QED) is 0.384. The molecule has 0 saturated carbocycles. The third kappa shape index (κ3) is 6.31. The van der Waals surface area contributed by atoms with E-state index >= 15 is 0 Å². The number of amides is 1. The molecule has 1 N–H and O–H groups in total. The van der Waals surface area contributed by atoms with Gasteiger partial charge in [-0.15, -0.1) is 0 Å². The molecule has 0 aliphatic heterocycles. The highest BCUT2D eigenvalue weighted by Crippen LogP contribution is 2.25. The Morgan fingerprint density at radius 1 is 0.788 bits per heavy atom. The lowest BCUT2D eigenvalue weighted by Crippen LogP contribution is -2.45. The van der Waals surface area contributed by atoms with Gasteiger partial charge in [-0.05, 0) is 22.2 Å². The van der Waals surface area contributed by atoms with Gasteiger partial charge in [0.25, 0.3) is 0 Å². The second-order valence-electron chi connectivity index (χ2n) is 7.59. The van der Waals surface area contributed by atoms with E-state index in [1.165, 1.54) is 7.11 Å². The Bertz CT molecular complexity index is 984. The average Bonchev–Trinajstić information content (AvgIpc) is 2.86. The van der Waals surface area contributed by atoms with Crippen molar-refractivity contribution in [3.8, 4) is 0 Å². The average molecular weight is 445 g/mol. The summed E-state index contributed by atoms with van der Waals surface area (Å²) in [7, 11) is 3.99. The van der Waals surface area contributed by atoms with Gasteiger partial charge in [-0.25, -0.2) is 4.79 Å². The lowest BCUT2D eigenvalue weighted by atomic mass is 9.78. The minimum atomic E-state index is -0.830. The van der Waals surface area contributed by atoms with Crippen LogP contribution in [0.4, 0.5) is 0 Å². The van der Waals surface area contributed by atoms with E-state index < -0.39 is 25.0 Å². The topological polar surface area (TPSA) is 73.9 Å². The number of benzene rings is 3. The van der Waals surface area contributed by atoms with Crippen molar-refractivity contribution in [1.29, 1.82) is 0 Å². The Hall–Kier alpha value is -3.42. The third-order valence-electron chi connectivity index (χ3n) is 5.45. The van der Waals surface area contributed by atoms with Crippen LogP contribution in [0.15, 0.2) is 84.9 Å². The number of hydrogen-bond acceptors (Lipinski definition) is 5. The van der Waals surface area contributed by atoms with Crippen molar-refractivity contribution in [2.75, 3.05) is 21.3 Å². The van der Waals surface area contributed by atoms with Gasteiger partial charge < -0.3 is 19.4 Å². The number of ether oxygens (including phenoxy) is 1. The Kier molecular flexibility index (Phi) is 8.81. The zero-order chi connectivity index (χ0) is 23.6. The smallest absolute Gasteiger partial charge is 0.467 e. The molecule has 0 radical (unpaired) electrons. The minimum Gasteiger partial charge on any atom is -0.467 e. The van der Waals surface area contributed by atoms with Gasteiger partial charge in [-0.1, -0.05) is 84.9 Å². The molecular formula is C26H28BNO5. The Morgan fingerprint density at radius 3 is 1.76 bits per heavy atom. The zero-order valence-electron chi connectivity index (χ0n) is 19.1. The molecule has 0 aliphatic rings. The van der Waals surface area contributed by atoms with Crippen LogP contribution in [0.2, 0.25) is 0 Å². The summed E-state index contributed by atoms with van der Waals surface area (Å²) in [5, 5.41) is 2.91. The van der Waals surface area contributed by atoms with Crippen LogP contribution in [0.25, 0.3) is 0 Å². The molecule has 0 fully saturated rings. The highest BCUT2D eigenvalue weighted by atomic mass is 16.6. The number of carbonyl (C=O) groups is 2. The van der Waals surface area contributed by atoms with Crippen LogP contribution in [0.5, 0.6) is 0 Å². The SMILES string of the molecule is COB(OC)c1ccc(C[C@H](NC(=O)C(c2ccccc2)c2ccccc2)C(=O)OC)cc1. The van der Waals surface area contributed by atoms with E-state index in [2.05, 4.69) is 5.32 Å². The standard InChI is InChI=1S/C26H28BNO5/c1-31-26(30)23(18-19-14-16-22(17-15-19)27(32-2)33-3)28-25(29)24(20-10-6-4-7-11-20)21-12-8-5-9-13-21/h4-17,23-24H,18H2,1-3H3,(H,28,29)/t23-/m0/s1. The molecule has 33 heavy (non-hydrogen) atoms. The molecule has 3 rings (SSSR count). The van der Waals surface area contributed by atoms with Gasteiger partial charge in [-0.3, -0.25) is 4.79 Å². The second-order valence-corrected chi connectivity index (χ2v) is 7.59. The monoisotopic (exact) mass is 445 g/mol. The van der Waals surface area contributed by atoms with Crippen LogP contribution in [-0.2, 0) is 30.1 Å². The summed E-state index contributed by atoms with van der Waals surface area (Å²) in [6.07, 6.45) is 0.291. The molecule has 0 saturated heterocycles. The van der Waals surface area contributed by atoms with Crippen molar-refractivity contribution in [1.82, 2.24) is 5.32 Å². The summed E-state index contributed by atoms with van der Waals surface area (Å²) in [6.45, 7) is 0. The van der Waals surface area contributed by atoms with Crippen molar-refractivity contribution in [3.05, 3.63) is 102 Å². The number of esters is 1. The van der Waals surface area contributed by atoms with Crippen molar-refractivity contribution >= 4 is 24.5 Å². The number of rotatable bonds is 10. The van der Waals surface area contributed by atoms with Crippen LogP contribution in [-0.4, -0.2) is 46.4 Å². The summed E-state index contributed by atoms with van der Waals surface area (Å²) in [6, 6.07) is 25.7. The van der Waals surface area contributed by atoms with Crippen LogP contribution in [0.3, 0.4) is 0 Å². The lowest BCUT2D eigenvalue weighted by molar-refractivity contribution is -0.145. The maximum absolute atomic E-state index is 13.4. The predicted octanol–water partition coefficient (Wildman–Crippen LogP) is 2.71. The Morgan fingerprint density at radius 2 is 1.30 bits per heavy atom. The second kappa shape index (κ2) is 12.0. The minimum absolute atomic E-state index is 0.266. The number of nitrogens with one attached hydrogen (secondary N) is 1. The first-order valence-corrected chi connectivity index (χ1v) is 10.7. The highest BCUT2D eigenvalue weighted by Gasteiger charge is 2.28. The fourth-order valence-corrected chi connectivity index (χ4v) is 3.79. The van der Waals surface area contributed by atoms with Crippen LogP contribution < -0.4 is 10.8 Å². The highest BCUT2D eigenvalue weighted by molar-refractivity contribution is 6.61. The number of hydrogen-bond donors (Lipinski definition) is 1. The van der Waals surface area contributed by atoms with E-state index in [1.54, 1.807) is 14.2 Å². The largest absolute Gasteiger partial charge is 0.493 e. The third-order valence-corrected chi connectivity index (χ3v) is 5.45. The molecule has 170 valence electrons. The van der Waals surface area contributed by atoms with E-state index in [9.17, 15) is 9.59 Å². The van der Waals surface area contributed by atoms with E-state index in [0.29, 0.717) is 6.42 Å². The van der Waals surface area contributed by atoms with Crippen LogP contribution in [0, 0.1) is 0 Å². The van der Waals surface area contributed by atoms with Gasteiger partial charge in [-0.2, -0.15) is 0 Å². The lowest BCUT2D eigenvalue weighted by Gasteiger charge is -2.22. The summed E-state index contributed by atoms with van der Waals surface area (Å²) in [5.74, 6) is -1.32. The molecule has 0 bridgehead atoms. The summed E-state index contributed by atoms with van der Waals surface area (Å²) >= 11 is 0. The molecular weight excluding hydrogens is 417 g/mol. The van der Waals surface area contributed by atoms with E-state index in [4.69, 9.17) is 14.0 Å². The fraction of sp³-hybridized carbons (Fsp3) is 0.231. The predicted molar refractivity (Wildman–Crippen MR) is 128 cm³/mol. The molecule has 6 nitrogen and oxygen atoms in total. The first-order chi connectivity index (χ1) is 16.1. The molecule has 1 atom stereocenters. The van der Waals surface area contributed by atoms with E-state index in [-0.39, 0.29) is 5.91 Å². The first kappa shape index (κ1) is 24.2. The van der Waals surface area contributed by atoms with Crippen molar-refractivity contribution in [2.24, 2.45) is 0 Å². The van der Waals surface area contributed by atoms with Crippen molar-refractivity contribution < 1.29 is 23.6 Å². The zero-order valence-corrected chi connectivity index (χ0v) is 19.1. The molecule has 0 aromatic heterocycles. The molecule has 3 aromatic rings. The normalized spacial score (nSPS) is 11.6. The van der Waals surface area contributed by atoms with Crippen molar-refractivity contribution in [3.63, 3.8) is 0 Å². The Labute approximate surface area is 195 Å². The van der Waals surface area contributed by atoms with E-state index in [0.717, 1.165) is 22.2 Å². The van der Waals surface area contributed by atoms with Gasteiger partial charge in [0.05, 0.1) is 13.0 Å². The molecule has 1 amide bonds. The van der Waals surface area contributed by atoms with Gasteiger partial charge >= 0.3 is 13.1 Å². The molecule has 0 aliphatic carbocycles. The maximum Gasteiger partial charge on any atom is 0.493 e. The van der Waals surface area contributed by atoms with Crippen molar-refractivity contribution in [2.45, 2.75) is 18.4 Å². The maximum atomic E-state index is 13.4. The summed E-state index contributed by atoms with van der Waals surface area (Å²) in [5.41, 5.74) is 3.42. The number of carbonyl (C=O) groups excluding carboxylic acids is 2. The van der Waals surface area contributed by atoms with Gasteiger partial charge in [0, 0.05) is 20.6 Å². The van der Waals surface area contributed by atoms with Gasteiger partial charge in [0.1, 0.15) is 6.04 Å². The van der Waals surface area contributed by atoms with Crippen LogP contribution in [0.1, 0.15) is 22.6 Å². The van der Waals surface area contributed by atoms with E-state index in [1.807, 2.05) is 84.9 Å². The van der Waals surface area contributed by atoms with Crippen LogP contribution >= 0.6 is 0 Å². The molecule has 3 aromatic carbocycles. The molecule has 0 heterocycles. The van der Waals surface area contributed by atoms with Gasteiger partial charge in [0.15, 0.2) is 0 Å². The summed E-state index contributed by atoms with van der Waals surface area (Å²) < 4.78 is 15.5. The Balaban J connectivity index is 1.82. The fourth-order valence-electron chi connectivity index (χ4n) is 3.79. The first-order valence-electron chi connectivity index (χ1n) is 10.7. The molecule has 7 heteroatoms. The van der Waals surface area contributed by atoms with Gasteiger partial charge in [0.2, 0.25) is 5.91 Å². The number of methoxy groups -OCH3 is 1.